The van der Waals surface area contributed by atoms with E-state index < -0.39 is 10.0 Å². The van der Waals surface area contributed by atoms with Crippen molar-refractivity contribution in [3.8, 4) is 0 Å². The molecule has 0 aliphatic heterocycles. The summed E-state index contributed by atoms with van der Waals surface area (Å²) in [5, 5.41) is 0.278. The van der Waals surface area contributed by atoms with Gasteiger partial charge in [-0.3, -0.25) is 9.71 Å². The zero-order chi connectivity index (χ0) is 14.0. The highest BCUT2D eigenvalue weighted by Gasteiger charge is 2.18. The standard InChI is InChI=1S/C12H12ClN3O2S/c1-8-2-3-9(14)6-12(8)19(17,18)16-11-7-15-5-4-10(11)13/h2-7,16H,14H2,1H3. The third-order valence-corrected chi connectivity index (χ3v) is 4.35. The van der Waals surface area contributed by atoms with Crippen molar-refractivity contribution in [2.75, 3.05) is 10.5 Å². The quantitative estimate of drug-likeness (QED) is 0.852. The van der Waals surface area contributed by atoms with E-state index in [2.05, 4.69) is 9.71 Å². The summed E-state index contributed by atoms with van der Waals surface area (Å²) in [7, 11) is -3.74. The fourth-order valence-electron chi connectivity index (χ4n) is 1.56. The molecule has 3 N–H and O–H groups in total. The lowest BCUT2D eigenvalue weighted by Crippen LogP contribution is -2.15. The molecule has 0 saturated carbocycles. The number of sulfonamides is 1. The average Bonchev–Trinajstić information content (AvgIpc) is 2.35. The average molecular weight is 298 g/mol. The number of hydrogen-bond acceptors (Lipinski definition) is 4. The van der Waals surface area contributed by atoms with Gasteiger partial charge in [-0.1, -0.05) is 17.7 Å². The molecule has 1 heterocycles. The van der Waals surface area contributed by atoms with Crippen LogP contribution < -0.4 is 10.5 Å². The van der Waals surface area contributed by atoms with Gasteiger partial charge in [-0.25, -0.2) is 8.42 Å². The number of pyridine rings is 1. The summed E-state index contributed by atoms with van der Waals surface area (Å²) < 4.78 is 26.9. The van der Waals surface area contributed by atoms with Crippen LogP contribution in [-0.4, -0.2) is 13.4 Å². The smallest absolute Gasteiger partial charge is 0.262 e. The van der Waals surface area contributed by atoms with Crippen LogP contribution in [0.3, 0.4) is 0 Å². The summed E-state index contributed by atoms with van der Waals surface area (Å²) in [6.07, 6.45) is 2.83. The topological polar surface area (TPSA) is 85.1 Å². The number of anilines is 2. The number of halogens is 1. The van der Waals surface area contributed by atoms with Crippen LogP contribution in [0.4, 0.5) is 11.4 Å². The molecule has 0 unspecified atom stereocenters. The highest BCUT2D eigenvalue weighted by molar-refractivity contribution is 7.92. The zero-order valence-electron chi connectivity index (χ0n) is 10.1. The Morgan fingerprint density at radius 3 is 2.74 bits per heavy atom. The molecule has 0 spiro atoms. The number of aromatic nitrogens is 1. The second-order valence-electron chi connectivity index (χ2n) is 3.99. The predicted molar refractivity (Wildman–Crippen MR) is 75.6 cm³/mol. The molecule has 0 atom stereocenters. The molecule has 0 amide bonds. The number of rotatable bonds is 3. The first-order chi connectivity index (χ1) is 8.90. The first-order valence-electron chi connectivity index (χ1n) is 5.38. The van der Waals surface area contributed by atoms with Crippen molar-refractivity contribution < 1.29 is 8.42 Å². The highest BCUT2D eigenvalue weighted by atomic mass is 35.5. The first kappa shape index (κ1) is 13.6. The van der Waals surface area contributed by atoms with Gasteiger partial charge in [0.15, 0.2) is 0 Å². The van der Waals surface area contributed by atoms with Gasteiger partial charge in [0.1, 0.15) is 0 Å². The summed E-state index contributed by atoms with van der Waals surface area (Å²) in [5.74, 6) is 0. The van der Waals surface area contributed by atoms with Gasteiger partial charge in [-0.05, 0) is 30.7 Å². The first-order valence-corrected chi connectivity index (χ1v) is 7.25. The SMILES string of the molecule is Cc1ccc(N)cc1S(=O)(=O)Nc1cnccc1Cl. The maximum atomic E-state index is 12.3. The minimum absolute atomic E-state index is 0.118. The Balaban J connectivity index is 2.44. The third-order valence-electron chi connectivity index (χ3n) is 2.51. The number of nitrogens with zero attached hydrogens (tertiary/aromatic N) is 1. The van der Waals surface area contributed by atoms with Gasteiger partial charge in [0.05, 0.1) is 21.8 Å². The molecule has 0 saturated heterocycles. The van der Waals surface area contributed by atoms with E-state index in [1.165, 1.54) is 24.5 Å². The van der Waals surface area contributed by atoms with Gasteiger partial charge < -0.3 is 5.73 Å². The minimum atomic E-state index is -3.74. The lowest BCUT2D eigenvalue weighted by Gasteiger charge is -2.11. The number of nitrogen functional groups attached to an aromatic ring is 1. The molecular weight excluding hydrogens is 286 g/mol. The number of benzene rings is 1. The van der Waals surface area contributed by atoms with Crippen molar-refractivity contribution in [3.63, 3.8) is 0 Å². The van der Waals surface area contributed by atoms with E-state index in [9.17, 15) is 8.42 Å². The van der Waals surface area contributed by atoms with Gasteiger partial charge in [-0.15, -0.1) is 0 Å². The molecule has 100 valence electrons. The number of aryl methyl sites for hydroxylation is 1. The molecule has 0 bridgehead atoms. The fourth-order valence-corrected chi connectivity index (χ4v) is 3.11. The van der Waals surface area contributed by atoms with Gasteiger partial charge in [0.2, 0.25) is 0 Å². The largest absolute Gasteiger partial charge is 0.399 e. The molecule has 2 aromatic rings. The van der Waals surface area contributed by atoms with Crippen molar-refractivity contribution in [3.05, 3.63) is 47.2 Å². The molecule has 5 nitrogen and oxygen atoms in total. The number of nitrogens with two attached hydrogens (primary N) is 1. The van der Waals surface area contributed by atoms with Crippen LogP contribution in [0.5, 0.6) is 0 Å². The molecule has 2 rings (SSSR count). The summed E-state index contributed by atoms with van der Waals surface area (Å²) in [6, 6.07) is 6.20. The van der Waals surface area contributed by atoms with Crippen LogP contribution in [0, 0.1) is 6.92 Å². The molecule has 0 fully saturated rings. The number of nitrogens with one attached hydrogen (secondary N) is 1. The van der Waals surface area contributed by atoms with E-state index in [1.54, 1.807) is 19.1 Å². The Morgan fingerprint density at radius 2 is 2.05 bits per heavy atom. The van der Waals surface area contributed by atoms with E-state index in [0.717, 1.165) is 0 Å². The zero-order valence-corrected chi connectivity index (χ0v) is 11.7. The summed E-state index contributed by atoms with van der Waals surface area (Å²) in [6.45, 7) is 1.69. The maximum Gasteiger partial charge on any atom is 0.262 e. The van der Waals surface area contributed by atoms with E-state index in [-0.39, 0.29) is 15.6 Å². The van der Waals surface area contributed by atoms with Gasteiger partial charge in [0, 0.05) is 11.9 Å². The molecule has 19 heavy (non-hydrogen) atoms. The molecule has 7 heteroatoms. The van der Waals surface area contributed by atoms with E-state index in [0.29, 0.717) is 11.3 Å². The van der Waals surface area contributed by atoms with Crippen LogP contribution >= 0.6 is 11.6 Å². The van der Waals surface area contributed by atoms with Crippen molar-refractivity contribution in [1.29, 1.82) is 0 Å². The lowest BCUT2D eigenvalue weighted by atomic mass is 10.2. The van der Waals surface area contributed by atoms with Gasteiger partial charge in [-0.2, -0.15) is 0 Å². The van der Waals surface area contributed by atoms with Crippen LogP contribution in [0.15, 0.2) is 41.6 Å². The Hall–Kier alpha value is -1.79. The van der Waals surface area contributed by atoms with Crippen LogP contribution in [-0.2, 0) is 10.0 Å². The molecule has 0 aliphatic rings. The van der Waals surface area contributed by atoms with Gasteiger partial charge in [0.25, 0.3) is 10.0 Å². The predicted octanol–water partition coefficient (Wildman–Crippen LogP) is 2.43. The Morgan fingerprint density at radius 1 is 1.32 bits per heavy atom. The van der Waals surface area contributed by atoms with E-state index in [1.807, 2.05) is 0 Å². The normalized spacial score (nSPS) is 11.3. The van der Waals surface area contributed by atoms with E-state index >= 15 is 0 Å². The Kier molecular flexibility index (Phi) is 3.64. The molecule has 1 aromatic heterocycles. The third kappa shape index (κ3) is 2.97. The lowest BCUT2D eigenvalue weighted by molar-refractivity contribution is 0.600. The fraction of sp³-hybridized carbons (Fsp3) is 0.0833. The second kappa shape index (κ2) is 5.07. The highest BCUT2D eigenvalue weighted by Crippen LogP contribution is 2.25. The Bertz CT molecular complexity index is 717. The molecule has 0 aliphatic carbocycles. The second-order valence-corrected chi connectivity index (χ2v) is 6.04. The summed E-state index contributed by atoms with van der Waals surface area (Å²) in [4.78, 5) is 3.95. The maximum absolute atomic E-state index is 12.3. The van der Waals surface area contributed by atoms with Crippen molar-refractivity contribution in [1.82, 2.24) is 4.98 Å². The summed E-state index contributed by atoms with van der Waals surface area (Å²) in [5.41, 5.74) is 6.82. The molecule has 0 radical (unpaired) electrons. The Labute approximate surface area is 116 Å². The molecule has 1 aromatic carbocycles. The summed E-state index contributed by atoms with van der Waals surface area (Å²) >= 11 is 5.90. The van der Waals surface area contributed by atoms with Crippen LogP contribution in [0.1, 0.15) is 5.56 Å². The molecular formula is C12H12ClN3O2S. The number of hydrogen-bond donors (Lipinski definition) is 2. The van der Waals surface area contributed by atoms with Crippen LogP contribution in [0.2, 0.25) is 5.02 Å². The van der Waals surface area contributed by atoms with Crippen molar-refractivity contribution >= 4 is 33.0 Å². The van der Waals surface area contributed by atoms with Crippen molar-refractivity contribution in [2.24, 2.45) is 0 Å². The van der Waals surface area contributed by atoms with E-state index in [4.69, 9.17) is 17.3 Å². The minimum Gasteiger partial charge on any atom is -0.399 e. The van der Waals surface area contributed by atoms with Crippen molar-refractivity contribution in [2.45, 2.75) is 11.8 Å². The monoisotopic (exact) mass is 297 g/mol. The van der Waals surface area contributed by atoms with Crippen LogP contribution in [0.25, 0.3) is 0 Å². The van der Waals surface area contributed by atoms with Gasteiger partial charge >= 0.3 is 0 Å².